The van der Waals surface area contributed by atoms with E-state index in [1.165, 1.54) is 84.5 Å². The summed E-state index contributed by atoms with van der Waals surface area (Å²) in [5.74, 6) is 0. The van der Waals surface area contributed by atoms with E-state index >= 15 is 0 Å². The third-order valence-electron chi connectivity index (χ3n) is 10.9. The smallest absolute Gasteiger partial charge is 0.0462 e. The van der Waals surface area contributed by atoms with Crippen molar-refractivity contribution in [3.63, 3.8) is 0 Å². The van der Waals surface area contributed by atoms with Gasteiger partial charge in [0.1, 0.15) is 0 Å². The average molecular weight is 736 g/mol. The second-order valence-corrected chi connectivity index (χ2v) is 16.2. The Morgan fingerprint density at radius 1 is 0.309 bits per heavy atom. The molecule has 0 radical (unpaired) electrons. The van der Waals surface area contributed by atoms with E-state index in [0.29, 0.717) is 0 Å². The van der Waals surface area contributed by atoms with Crippen molar-refractivity contribution in [2.45, 2.75) is 0 Å². The second-order valence-electron chi connectivity index (χ2n) is 14.1. The van der Waals surface area contributed by atoms with Gasteiger partial charge in [-0.25, -0.2) is 0 Å². The number of fused-ring (bicyclic) bond motifs is 8. The van der Waals surface area contributed by atoms with Crippen molar-refractivity contribution >= 4 is 90.9 Å². The van der Waals surface area contributed by atoms with E-state index in [1.54, 1.807) is 0 Å². The van der Waals surface area contributed by atoms with E-state index < -0.39 is 0 Å². The van der Waals surface area contributed by atoms with Crippen LogP contribution in [0.4, 0.5) is 17.1 Å². The van der Waals surface area contributed by atoms with Crippen LogP contribution >= 0.6 is 22.7 Å². The molecule has 0 fully saturated rings. The molecular formula is C52H33NS2. The van der Waals surface area contributed by atoms with Gasteiger partial charge in [0.2, 0.25) is 0 Å². The van der Waals surface area contributed by atoms with Crippen molar-refractivity contribution < 1.29 is 0 Å². The van der Waals surface area contributed by atoms with Crippen LogP contribution in [0.15, 0.2) is 200 Å². The summed E-state index contributed by atoms with van der Waals surface area (Å²) in [4.78, 5) is 2.37. The Bertz CT molecular complexity index is 3170. The number of thiophene rings is 2. The molecule has 11 rings (SSSR count). The predicted molar refractivity (Wildman–Crippen MR) is 241 cm³/mol. The lowest BCUT2D eigenvalue weighted by Crippen LogP contribution is -2.09. The van der Waals surface area contributed by atoms with Gasteiger partial charge in [-0.2, -0.15) is 0 Å². The van der Waals surface area contributed by atoms with Gasteiger partial charge >= 0.3 is 0 Å². The van der Waals surface area contributed by atoms with E-state index in [-0.39, 0.29) is 0 Å². The molecule has 2 heterocycles. The number of benzene rings is 9. The number of rotatable bonds is 6. The predicted octanol–water partition coefficient (Wildman–Crippen LogP) is 16.0. The van der Waals surface area contributed by atoms with Gasteiger partial charge in [-0.05, 0) is 93.2 Å². The van der Waals surface area contributed by atoms with E-state index in [4.69, 9.17) is 0 Å². The van der Waals surface area contributed by atoms with Crippen LogP contribution in [0.5, 0.6) is 0 Å². The van der Waals surface area contributed by atoms with Crippen molar-refractivity contribution in [1.82, 2.24) is 0 Å². The third-order valence-corrected chi connectivity index (χ3v) is 13.3. The maximum atomic E-state index is 2.37. The van der Waals surface area contributed by atoms with Crippen LogP contribution in [0, 0.1) is 0 Å². The zero-order valence-electron chi connectivity index (χ0n) is 29.8. The van der Waals surface area contributed by atoms with Crippen LogP contribution in [-0.2, 0) is 0 Å². The summed E-state index contributed by atoms with van der Waals surface area (Å²) in [7, 11) is 0. The molecular weight excluding hydrogens is 703 g/mol. The van der Waals surface area contributed by atoms with E-state index in [0.717, 1.165) is 17.1 Å². The van der Waals surface area contributed by atoms with Crippen LogP contribution in [0.25, 0.3) is 84.5 Å². The van der Waals surface area contributed by atoms with Gasteiger partial charge in [0.05, 0.1) is 0 Å². The molecule has 0 amide bonds. The maximum Gasteiger partial charge on any atom is 0.0462 e. The Morgan fingerprint density at radius 2 is 0.800 bits per heavy atom. The Labute approximate surface area is 327 Å². The largest absolute Gasteiger partial charge is 0.311 e. The highest BCUT2D eigenvalue weighted by Crippen LogP contribution is 2.46. The highest BCUT2D eigenvalue weighted by Gasteiger charge is 2.18. The quantitative estimate of drug-likeness (QED) is 0.164. The summed E-state index contributed by atoms with van der Waals surface area (Å²) in [6.45, 7) is 0. The molecule has 3 heteroatoms. The average Bonchev–Trinajstić information content (AvgIpc) is 3.84. The van der Waals surface area contributed by atoms with Gasteiger partial charge in [0.25, 0.3) is 0 Å². The summed E-state index contributed by atoms with van der Waals surface area (Å²) < 4.78 is 5.32. The monoisotopic (exact) mass is 735 g/mol. The van der Waals surface area contributed by atoms with Gasteiger partial charge < -0.3 is 4.90 Å². The number of hydrogen-bond acceptors (Lipinski definition) is 3. The minimum absolute atomic E-state index is 1.11. The van der Waals surface area contributed by atoms with Crippen LogP contribution in [0.3, 0.4) is 0 Å². The molecule has 0 aliphatic carbocycles. The van der Waals surface area contributed by atoms with E-state index in [1.807, 2.05) is 22.7 Å². The van der Waals surface area contributed by atoms with Gasteiger partial charge in [0.15, 0.2) is 0 Å². The molecule has 0 N–H and O–H groups in total. The van der Waals surface area contributed by atoms with E-state index in [9.17, 15) is 0 Å². The molecule has 0 atom stereocenters. The first-order chi connectivity index (χ1) is 27.3. The number of nitrogens with zero attached hydrogens (tertiary/aromatic N) is 1. The summed E-state index contributed by atoms with van der Waals surface area (Å²) in [6.07, 6.45) is 0. The minimum Gasteiger partial charge on any atom is -0.311 e. The fraction of sp³-hybridized carbons (Fsp3) is 0. The van der Waals surface area contributed by atoms with Gasteiger partial charge in [-0.1, -0.05) is 146 Å². The molecule has 1 nitrogen and oxygen atoms in total. The molecule has 0 spiro atoms. The van der Waals surface area contributed by atoms with Crippen molar-refractivity contribution in [3.8, 4) is 33.4 Å². The molecule has 55 heavy (non-hydrogen) atoms. The first-order valence-corrected chi connectivity index (χ1v) is 20.3. The van der Waals surface area contributed by atoms with Crippen molar-refractivity contribution in [2.24, 2.45) is 0 Å². The lowest BCUT2D eigenvalue weighted by Gasteiger charge is -2.26. The topological polar surface area (TPSA) is 3.24 Å². The standard InChI is InChI=1S/C52H33NS2/c1-2-11-34(12-3-1)35-21-27-39(28-22-35)53(40-29-23-36(24-30-40)43-17-10-18-45-44-15-6-8-19-48(44)54-51(43)45)41-31-25-37(26-32-41)47-33-38-13-4-5-14-42(38)50-46-16-7-9-20-49(46)55-52(47)50/h1-33H. The number of hydrogen-bond donors (Lipinski definition) is 0. The van der Waals surface area contributed by atoms with E-state index in [2.05, 4.69) is 205 Å². The molecule has 0 saturated heterocycles. The van der Waals surface area contributed by atoms with Crippen molar-refractivity contribution in [2.75, 3.05) is 4.90 Å². The lowest BCUT2D eigenvalue weighted by molar-refractivity contribution is 1.28. The molecule has 0 unspecified atom stereocenters. The van der Waals surface area contributed by atoms with Gasteiger partial charge in [-0.15, -0.1) is 22.7 Å². The SMILES string of the molecule is c1ccc(-c2ccc(N(c3ccc(-c4cccc5c4sc4ccccc45)cc3)c3ccc(-c4cc5ccccc5c5c4sc4ccccc45)cc3)cc2)cc1. The Kier molecular flexibility index (Phi) is 7.61. The lowest BCUT2D eigenvalue weighted by atomic mass is 9.96. The normalized spacial score (nSPS) is 11.6. The summed E-state index contributed by atoms with van der Waals surface area (Å²) in [5.41, 5.74) is 10.8. The van der Waals surface area contributed by atoms with Gasteiger partial charge in [0, 0.05) is 63.0 Å². The van der Waals surface area contributed by atoms with Crippen LogP contribution in [-0.4, -0.2) is 0 Å². The molecule has 0 bridgehead atoms. The summed E-state index contributed by atoms with van der Waals surface area (Å²) >= 11 is 3.77. The Morgan fingerprint density at radius 3 is 1.49 bits per heavy atom. The summed E-state index contributed by atoms with van der Waals surface area (Å²) in [5, 5.41) is 7.91. The molecule has 9 aromatic carbocycles. The van der Waals surface area contributed by atoms with Crippen molar-refractivity contribution in [3.05, 3.63) is 200 Å². The van der Waals surface area contributed by atoms with Crippen LogP contribution < -0.4 is 4.90 Å². The van der Waals surface area contributed by atoms with Crippen LogP contribution in [0.1, 0.15) is 0 Å². The zero-order valence-corrected chi connectivity index (χ0v) is 31.4. The molecule has 2 aromatic heterocycles. The summed E-state index contributed by atoms with van der Waals surface area (Å²) in [6, 6.07) is 73.2. The Hall–Kier alpha value is -6.52. The first kappa shape index (κ1) is 32.0. The molecule has 0 saturated carbocycles. The maximum absolute atomic E-state index is 2.37. The second kappa shape index (κ2) is 13.1. The molecule has 258 valence electrons. The molecule has 11 aromatic rings. The Balaban J connectivity index is 1.02. The fourth-order valence-corrected chi connectivity index (χ4v) is 10.7. The molecule has 0 aliphatic rings. The van der Waals surface area contributed by atoms with Crippen molar-refractivity contribution in [1.29, 1.82) is 0 Å². The fourth-order valence-electron chi connectivity index (χ4n) is 8.22. The van der Waals surface area contributed by atoms with Crippen LogP contribution in [0.2, 0.25) is 0 Å². The molecule has 0 aliphatic heterocycles. The first-order valence-electron chi connectivity index (χ1n) is 18.7. The highest BCUT2D eigenvalue weighted by atomic mass is 32.1. The van der Waals surface area contributed by atoms with Gasteiger partial charge in [-0.3, -0.25) is 0 Å². The minimum atomic E-state index is 1.11. The zero-order chi connectivity index (χ0) is 36.3. The number of anilines is 3. The highest BCUT2D eigenvalue weighted by molar-refractivity contribution is 7.26. The third kappa shape index (κ3) is 5.43.